The number of hydrogen-bond donors (Lipinski definition) is 1. The van der Waals surface area contributed by atoms with Gasteiger partial charge in [-0.3, -0.25) is 0 Å². The molecule has 1 nitrogen and oxygen atoms in total. The number of benzene rings is 1. The Morgan fingerprint density at radius 1 is 1.33 bits per heavy atom. The fourth-order valence-corrected chi connectivity index (χ4v) is 3.52. The summed E-state index contributed by atoms with van der Waals surface area (Å²) in [7, 11) is 0. The van der Waals surface area contributed by atoms with Gasteiger partial charge in [0.2, 0.25) is 0 Å². The summed E-state index contributed by atoms with van der Waals surface area (Å²) < 4.78 is 27.9. The molecule has 0 aliphatic carbocycles. The molecule has 1 aliphatic heterocycles. The third-order valence-corrected chi connectivity index (χ3v) is 4.88. The summed E-state index contributed by atoms with van der Waals surface area (Å²) in [5, 5.41) is 2.94. The summed E-state index contributed by atoms with van der Waals surface area (Å²) in [6.45, 7) is 2.52. The molecule has 100 valence electrons. The first-order chi connectivity index (χ1) is 8.52. The van der Waals surface area contributed by atoms with Crippen molar-refractivity contribution in [2.45, 2.75) is 30.4 Å². The monoisotopic (exact) mass is 271 g/mol. The molecule has 18 heavy (non-hydrogen) atoms. The highest BCUT2D eigenvalue weighted by Gasteiger charge is 2.33. The summed E-state index contributed by atoms with van der Waals surface area (Å²) in [5.74, 6) is -1.64. The van der Waals surface area contributed by atoms with E-state index in [-0.39, 0.29) is 16.9 Å². The Morgan fingerprint density at radius 3 is 2.67 bits per heavy atom. The van der Waals surface area contributed by atoms with Crippen LogP contribution in [0.1, 0.15) is 25.3 Å². The van der Waals surface area contributed by atoms with E-state index in [1.165, 1.54) is 18.6 Å². The van der Waals surface area contributed by atoms with Gasteiger partial charge in [0, 0.05) is 16.9 Å². The highest BCUT2D eigenvalue weighted by atomic mass is 32.2. The molecule has 2 rings (SSSR count). The minimum Gasteiger partial charge on any atom is -0.309 e. The maximum absolute atomic E-state index is 13.9. The van der Waals surface area contributed by atoms with Crippen LogP contribution in [0.2, 0.25) is 0 Å². The fraction of sp³-hybridized carbons (Fsp3) is 0.571. The molecule has 1 atom stereocenters. The van der Waals surface area contributed by atoms with Crippen molar-refractivity contribution < 1.29 is 8.78 Å². The van der Waals surface area contributed by atoms with E-state index in [1.54, 1.807) is 18.2 Å². The molecule has 0 saturated carbocycles. The number of rotatable bonds is 5. The van der Waals surface area contributed by atoms with Gasteiger partial charge in [-0.25, -0.2) is 0 Å². The Kier molecular flexibility index (Phi) is 4.28. The van der Waals surface area contributed by atoms with Crippen LogP contribution in [0.3, 0.4) is 0 Å². The normalized spacial score (nSPS) is 24.4. The lowest BCUT2D eigenvalue weighted by Crippen LogP contribution is -2.38. The quantitative estimate of drug-likeness (QED) is 0.877. The Bertz CT molecular complexity index is 375. The molecule has 1 unspecified atom stereocenters. The van der Waals surface area contributed by atoms with Crippen LogP contribution in [-0.4, -0.2) is 23.6 Å². The van der Waals surface area contributed by atoms with Crippen LogP contribution in [0.5, 0.6) is 0 Å². The second-order valence-electron chi connectivity index (χ2n) is 5.08. The molecule has 0 bridgehead atoms. The van der Waals surface area contributed by atoms with Gasteiger partial charge in [-0.1, -0.05) is 30.3 Å². The van der Waals surface area contributed by atoms with Crippen LogP contribution in [0, 0.1) is 0 Å². The van der Waals surface area contributed by atoms with Crippen molar-refractivity contribution in [3.8, 4) is 0 Å². The SMILES string of the molecule is CC1(CNCC(F)(F)c2ccccc2)CCCS1. The van der Waals surface area contributed by atoms with Crippen LogP contribution in [0.4, 0.5) is 8.78 Å². The second-order valence-corrected chi connectivity index (χ2v) is 6.76. The molecule has 1 aromatic carbocycles. The lowest BCUT2D eigenvalue weighted by Gasteiger charge is -2.25. The highest BCUT2D eigenvalue weighted by molar-refractivity contribution is 8.00. The molecular weight excluding hydrogens is 252 g/mol. The molecule has 1 fully saturated rings. The predicted octanol–water partition coefficient (Wildman–Crippen LogP) is 3.65. The third kappa shape index (κ3) is 3.45. The van der Waals surface area contributed by atoms with Gasteiger partial charge in [-0.05, 0) is 25.5 Å². The van der Waals surface area contributed by atoms with Crippen molar-refractivity contribution in [1.29, 1.82) is 0 Å². The van der Waals surface area contributed by atoms with Gasteiger partial charge in [0.25, 0.3) is 5.92 Å². The van der Waals surface area contributed by atoms with E-state index < -0.39 is 5.92 Å². The van der Waals surface area contributed by atoms with Crippen LogP contribution >= 0.6 is 11.8 Å². The smallest absolute Gasteiger partial charge is 0.285 e. The van der Waals surface area contributed by atoms with Crippen LogP contribution in [0.25, 0.3) is 0 Å². The van der Waals surface area contributed by atoms with Crippen LogP contribution < -0.4 is 5.32 Å². The first-order valence-electron chi connectivity index (χ1n) is 6.30. The Labute approximate surface area is 111 Å². The Balaban J connectivity index is 1.86. The van der Waals surface area contributed by atoms with Gasteiger partial charge in [-0.2, -0.15) is 20.5 Å². The van der Waals surface area contributed by atoms with Gasteiger partial charge in [0.1, 0.15) is 0 Å². The lowest BCUT2D eigenvalue weighted by molar-refractivity contribution is -0.00336. The Hall–Kier alpha value is -0.610. The first-order valence-corrected chi connectivity index (χ1v) is 7.28. The third-order valence-electron chi connectivity index (χ3n) is 3.34. The van der Waals surface area contributed by atoms with Crippen molar-refractivity contribution in [3.63, 3.8) is 0 Å². The number of alkyl halides is 2. The molecule has 0 radical (unpaired) electrons. The predicted molar refractivity (Wildman–Crippen MR) is 73.3 cm³/mol. The van der Waals surface area contributed by atoms with E-state index in [2.05, 4.69) is 12.2 Å². The first kappa shape index (κ1) is 13.8. The number of halogens is 2. The topological polar surface area (TPSA) is 12.0 Å². The van der Waals surface area contributed by atoms with Crippen LogP contribution in [-0.2, 0) is 5.92 Å². The average molecular weight is 271 g/mol. The zero-order chi connectivity index (χ0) is 13.1. The summed E-state index contributed by atoms with van der Waals surface area (Å²) in [6.07, 6.45) is 2.31. The minimum atomic E-state index is -2.79. The van der Waals surface area contributed by atoms with Crippen LogP contribution in [0.15, 0.2) is 30.3 Å². The summed E-state index contributed by atoms with van der Waals surface area (Å²) >= 11 is 1.88. The van der Waals surface area contributed by atoms with Crippen molar-refractivity contribution in [2.75, 3.05) is 18.8 Å². The molecule has 1 aliphatic rings. The molecule has 0 spiro atoms. The van der Waals surface area contributed by atoms with E-state index >= 15 is 0 Å². The van der Waals surface area contributed by atoms with Crippen molar-refractivity contribution in [3.05, 3.63) is 35.9 Å². The zero-order valence-corrected chi connectivity index (χ0v) is 11.4. The maximum atomic E-state index is 13.9. The van der Waals surface area contributed by atoms with E-state index in [4.69, 9.17) is 0 Å². The molecule has 1 heterocycles. The molecule has 1 saturated heterocycles. The van der Waals surface area contributed by atoms with E-state index in [9.17, 15) is 8.78 Å². The van der Waals surface area contributed by atoms with Gasteiger partial charge in [-0.15, -0.1) is 0 Å². The number of thioether (sulfide) groups is 1. The zero-order valence-electron chi connectivity index (χ0n) is 10.6. The second kappa shape index (κ2) is 5.57. The number of nitrogens with one attached hydrogen (secondary N) is 1. The van der Waals surface area contributed by atoms with E-state index in [1.807, 2.05) is 11.8 Å². The Morgan fingerprint density at radius 2 is 2.06 bits per heavy atom. The fourth-order valence-electron chi connectivity index (χ4n) is 2.24. The average Bonchev–Trinajstić information content (AvgIpc) is 2.77. The molecular formula is C14H19F2NS. The molecule has 4 heteroatoms. The van der Waals surface area contributed by atoms with Gasteiger partial charge >= 0.3 is 0 Å². The molecule has 1 N–H and O–H groups in total. The number of hydrogen-bond acceptors (Lipinski definition) is 2. The van der Waals surface area contributed by atoms with Crippen molar-refractivity contribution >= 4 is 11.8 Å². The maximum Gasteiger partial charge on any atom is 0.285 e. The molecule has 0 aromatic heterocycles. The van der Waals surface area contributed by atoms with Gasteiger partial charge < -0.3 is 5.32 Å². The largest absolute Gasteiger partial charge is 0.309 e. The van der Waals surface area contributed by atoms with Crippen molar-refractivity contribution in [2.24, 2.45) is 0 Å². The highest BCUT2D eigenvalue weighted by Crippen LogP contribution is 2.37. The minimum absolute atomic E-state index is 0.0849. The summed E-state index contributed by atoms with van der Waals surface area (Å²) in [6, 6.07) is 8.01. The molecule has 1 aromatic rings. The standard InChI is InChI=1S/C14H19F2NS/c1-13(8-5-9-18-13)10-17-11-14(15,16)12-6-3-2-4-7-12/h2-4,6-7,17H,5,8-11H2,1H3. The van der Waals surface area contributed by atoms with Gasteiger partial charge in [0.05, 0.1) is 6.54 Å². The lowest BCUT2D eigenvalue weighted by atomic mass is 10.1. The summed E-state index contributed by atoms with van der Waals surface area (Å²) in [5.41, 5.74) is 0.0849. The van der Waals surface area contributed by atoms with Gasteiger partial charge in [0.15, 0.2) is 0 Å². The summed E-state index contributed by atoms with van der Waals surface area (Å²) in [4.78, 5) is 0. The van der Waals surface area contributed by atoms with E-state index in [0.717, 1.165) is 12.2 Å². The molecule has 0 amide bonds. The van der Waals surface area contributed by atoms with E-state index in [0.29, 0.717) is 6.54 Å². The van der Waals surface area contributed by atoms with Crippen molar-refractivity contribution in [1.82, 2.24) is 5.32 Å².